The molecule has 0 heterocycles. The summed E-state index contributed by atoms with van der Waals surface area (Å²) < 4.78 is 5.14. The molecule has 0 aromatic heterocycles. The van der Waals surface area contributed by atoms with Crippen LogP contribution in [-0.4, -0.2) is 37.9 Å². The monoisotopic (exact) mass is 247 g/mol. The van der Waals surface area contributed by atoms with Crippen molar-refractivity contribution >= 4 is 5.78 Å². The van der Waals surface area contributed by atoms with Gasteiger partial charge in [-0.3, -0.25) is 9.69 Å². The molecule has 0 atom stereocenters. The molecule has 0 N–H and O–H groups in total. The second-order valence-corrected chi connectivity index (χ2v) is 5.15. The number of likely N-dealkylation sites (N-methyl/N-ethyl adjacent to an activating group) is 1. The number of Topliss-reactive ketones (excluding diaryl/α,β-unsaturated/α-hetero) is 1. The van der Waals surface area contributed by atoms with Crippen molar-refractivity contribution in [3.63, 3.8) is 0 Å². The second-order valence-electron chi connectivity index (χ2n) is 5.15. The van der Waals surface area contributed by atoms with Crippen molar-refractivity contribution in [2.45, 2.75) is 19.3 Å². The van der Waals surface area contributed by atoms with E-state index in [9.17, 15) is 4.79 Å². The third-order valence-corrected chi connectivity index (χ3v) is 3.60. The van der Waals surface area contributed by atoms with Crippen molar-refractivity contribution in [1.29, 1.82) is 0 Å². The summed E-state index contributed by atoms with van der Waals surface area (Å²) in [5.74, 6) is 1.70. The van der Waals surface area contributed by atoms with E-state index in [0.717, 1.165) is 23.8 Å². The fourth-order valence-electron chi connectivity index (χ4n) is 2.31. The van der Waals surface area contributed by atoms with Crippen molar-refractivity contribution in [2.24, 2.45) is 5.92 Å². The fraction of sp³-hybridized carbons (Fsp3) is 0.533. The lowest BCUT2D eigenvalue weighted by molar-refractivity contribution is 0.0924. The number of ether oxygens (including phenoxy) is 1. The number of carbonyl (C=O) groups is 1. The Morgan fingerprint density at radius 3 is 2.83 bits per heavy atom. The van der Waals surface area contributed by atoms with E-state index in [2.05, 4.69) is 4.90 Å². The summed E-state index contributed by atoms with van der Waals surface area (Å²) in [5.41, 5.74) is 0.731. The quantitative estimate of drug-likeness (QED) is 0.724. The van der Waals surface area contributed by atoms with Gasteiger partial charge in [0.05, 0.1) is 13.7 Å². The van der Waals surface area contributed by atoms with Gasteiger partial charge in [-0.1, -0.05) is 18.6 Å². The van der Waals surface area contributed by atoms with Gasteiger partial charge < -0.3 is 4.74 Å². The Balaban J connectivity index is 1.89. The van der Waals surface area contributed by atoms with Gasteiger partial charge in [-0.15, -0.1) is 0 Å². The lowest BCUT2D eigenvalue weighted by Crippen LogP contribution is -2.33. The molecule has 2 rings (SSSR count). The summed E-state index contributed by atoms with van der Waals surface area (Å²) in [6.45, 7) is 1.53. The zero-order valence-electron chi connectivity index (χ0n) is 11.2. The summed E-state index contributed by atoms with van der Waals surface area (Å²) in [4.78, 5) is 14.2. The van der Waals surface area contributed by atoms with Crippen LogP contribution in [0.3, 0.4) is 0 Å². The van der Waals surface area contributed by atoms with Crippen LogP contribution < -0.4 is 4.74 Å². The molecule has 0 bridgehead atoms. The predicted octanol–water partition coefficient (Wildman–Crippen LogP) is 2.61. The summed E-state index contributed by atoms with van der Waals surface area (Å²) >= 11 is 0. The number of ketones is 1. The van der Waals surface area contributed by atoms with Crippen LogP contribution in [0.1, 0.15) is 29.6 Å². The van der Waals surface area contributed by atoms with Crippen LogP contribution in [0.25, 0.3) is 0 Å². The average Bonchev–Trinajstić information content (AvgIpc) is 2.34. The van der Waals surface area contributed by atoms with E-state index in [1.807, 2.05) is 25.2 Å². The lowest BCUT2D eigenvalue weighted by Gasteiger charge is -2.29. The van der Waals surface area contributed by atoms with Gasteiger partial charge in [0.15, 0.2) is 5.78 Å². The van der Waals surface area contributed by atoms with Crippen LogP contribution in [0.15, 0.2) is 24.3 Å². The Morgan fingerprint density at radius 2 is 2.22 bits per heavy atom. The van der Waals surface area contributed by atoms with E-state index in [1.54, 1.807) is 13.2 Å². The Kier molecular flexibility index (Phi) is 4.37. The summed E-state index contributed by atoms with van der Waals surface area (Å²) in [7, 11) is 3.64. The first kappa shape index (κ1) is 13.1. The summed E-state index contributed by atoms with van der Waals surface area (Å²) in [5, 5.41) is 0. The molecule has 1 aliphatic carbocycles. The third-order valence-electron chi connectivity index (χ3n) is 3.60. The molecule has 3 heteroatoms. The van der Waals surface area contributed by atoms with Crippen LogP contribution >= 0.6 is 0 Å². The number of benzene rings is 1. The third kappa shape index (κ3) is 3.33. The van der Waals surface area contributed by atoms with Crippen molar-refractivity contribution in [3.8, 4) is 5.75 Å². The zero-order valence-corrected chi connectivity index (χ0v) is 11.2. The Morgan fingerprint density at radius 1 is 1.44 bits per heavy atom. The first-order valence-corrected chi connectivity index (χ1v) is 6.55. The normalized spacial score (nSPS) is 15.5. The van der Waals surface area contributed by atoms with Gasteiger partial charge in [0.1, 0.15) is 5.75 Å². The number of methoxy groups -OCH3 is 1. The Hall–Kier alpha value is -1.35. The maximum Gasteiger partial charge on any atom is 0.176 e. The molecule has 3 nitrogen and oxygen atoms in total. The average molecular weight is 247 g/mol. The highest BCUT2D eigenvalue weighted by molar-refractivity contribution is 5.97. The molecule has 1 saturated carbocycles. The Labute approximate surface area is 109 Å². The van der Waals surface area contributed by atoms with Gasteiger partial charge in [0.25, 0.3) is 0 Å². The van der Waals surface area contributed by atoms with Crippen LogP contribution in [0.2, 0.25) is 0 Å². The highest BCUT2D eigenvalue weighted by atomic mass is 16.5. The largest absolute Gasteiger partial charge is 0.497 e. The SMILES string of the molecule is COc1cccc(C(=O)CN(C)CC2CCC2)c1. The minimum atomic E-state index is 0.163. The molecule has 1 aliphatic rings. The van der Waals surface area contributed by atoms with Gasteiger partial charge in [0.2, 0.25) is 0 Å². The number of rotatable bonds is 6. The summed E-state index contributed by atoms with van der Waals surface area (Å²) in [6, 6.07) is 7.37. The number of nitrogens with zero attached hydrogens (tertiary/aromatic N) is 1. The van der Waals surface area contributed by atoms with E-state index in [0.29, 0.717) is 6.54 Å². The maximum absolute atomic E-state index is 12.1. The van der Waals surface area contributed by atoms with E-state index in [4.69, 9.17) is 4.74 Å². The minimum Gasteiger partial charge on any atom is -0.497 e. The first-order valence-electron chi connectivity index (χ1n) is 6.55. The van der Waals surface area contributed by atoms with Crippen LogP contribution in [0.5, 0.6) is 5.75 Å². The molecule has 1 fully saturated rings. The van der Waals surface area contributed by atoms with Gasteiger partial charge in [-0.2, -0.15) is 0 Å². The molecule has 0 aliphatic heterocycles. The minimum absolute atomic E-state index is 0.163. The van der Waals surface area contributed by atoms with Crippen molar-refractivity contribution in [3.05, 3.63) is 29.8 Å². The standard InChI is InChI=1S/C15H21NO2/c1-16(10-12-5-3-6-12)11-15(17)13-7-4-8-14(9-13)18-2/h4,7-9,12H,3,5-6,10-11H2,1-2H3. The molecule has 1 aromatic carbocycles. The van der Waals surface area contributed by atoms with Gasteiger partial charge in [-0.05, 0) is 37.9 Å². The molecule has 0 saturated heterocycles. The zero-order chi connectivity index (χ0) is 13.0. The van der Waals surface area contributed by atoms with E-state index < -0.39 is 0 Å². The van der Waals surface area contributed by atoms with Gasteiger partial charge in [0, 0.05) is 12.1 Å². The number of hydrogen-bond donors (Lipinski definition) is 0. The van der Waals surface area contributed by atoms with E-state index in [1.165, 1.54) is 19.3 Å². The first-order chi connectivity index (χ1) is 8.69. The predicted molar refractivity (Wildman–Crippen MR) is 72.2 cm³/mol. The van der Waals surface area contributed by atoms with Crippen molar-refractivity contribution in [2.75, 3.05) is 27.2 Å². The molecule has 0 amide bonds. The van der Waals surface area contributed by atoms with Crippen LogP contribution in [-0.2, 0) is 0 Å². The molecule has 0 spiro atoms. The molecular formula is C15H21NO2. The molecule has 1 aromatic rings. The maximum atomic E-state index is 12.1. The van der Waals surface area contributed by atoms with E-state index >= 15 is 0 Å². The van der Waals surface area contributed by atoms with Crippen molar-refractivity contribution < 1.29 is 9.53 Å². The molecule has 0 radical (unpaired) electrons. The van der Waals surface area contributed by atoms with Gasteiger partial charge >= 0.3 is 0 Å². The van der Waals surface area contributed by atoms with Crippen molar-refractivity contribution in [1.82, 2.24) is 4.90 Å². The second kappa shape index (κ2) is 6.01. The highest BCUT2D eigenvalue weighted by Gasteiger charge is 2.20. The highest BCUT2D eigenvalue weighted by Crippen LogP contribution is 2.26. The van der Waals surface area contributed by atoms with Crippen LogP contribution in [0, 0.1) is 5.92 Å². The Bertz CT molecular complexity index is 413. The molecule has 18 heavy (non-hydrogen) atoms. The molecule has 98 valence electrons. The topological polar surface area (TPSA) is 29.5 Å². The fourth-order valence-corrected chi connectivity index (χ4v) is 2.31. The van der Waals surface area contributed by atoms with Gasteiger partial charge in [-0.25, -0.2) is 0 Å². The number of hydrogen-bond acceptors (Lipinski definition) is 3. The summed E-state index contributed by atoms with van der Waals surface area (Å²) in [6.07, 6.45) is 3.98. The number of carbonyl (C=O) groups excluding carboxylic acids is 1. The molecule has 0 unspecified atom stereocenters. The lowest BCUT2D eigenvalue weighted by atomic mass is 9.85. The molecular weight excluding hydrogens is 226 g/mol. The van der Waals surface area contributed by atoms with E-state index in [-0.39, 0.29) is 5.78 Å². The smallest absolute Gasteiger partial charge is 0.176 e. The van der Waals surface area contributed by atoms with Crippen LogP contribution in [0.4, 0.5) is 0 Å².